The molecule has 0 aliphatic heterocycles. The highest BCUT2D eigenvalue weighted by Crippen LogP contribution is 2.30. The van der Waals surface area contributed by atoms with Gasteiger partial charge in [-0.05, 0) is 30.5 Å². The summed E-state index contributed by atoms with van der Waals surface area (Å²) in [6, 6.07) is 4.74. The summed E-state index contributed by atoms with van der Waals surface area (Å²) in [4.78, 5) is 9.12. The van der Waals surface area contributed by atoms with Crippen LogP contribution in [0.2, 0.25) is 0 Å². The molecule has 2 rings (SSSR count). The highest BCUT2D eigenvalue weighted by Gasteiger charge is 2.29. The van der Waals surface area contributed by atoms with E-state index in [1.54, 1.807) is 23.5 Å². The maximum absolute atomic E-state index is 12.4. The molecule has 0 saturated heterocycles. The molecule has 0 spiro atoms. The largest absolute Gasteiger partial charge is 0.493 e. The summed E-state index contributed by atoms with van der Waals surface area (Å²) in [6.45, 7) is 6.36. The first-order chi connectivity index (χ1) is 14.2. The molecule has 0 saturated carbocycles. The Morgan fingerprint density at radius 3 is 2.55 bits per heavy atom. The van der Waals surface area contributed by atoms with Gasteiger partial charge in [-0.1, -0.05) is 19.9 Å². The molecule has 0 radical (unpaired) electrons. The van der Waals surface area contributed by atoms with Gasteiger partial charge >= 0.3 is 6.18 Å². The van der Waals surface area contributed by atoms with Crippen LogP contribution < -0.4 is 20.1 Å². The van der Waals surface area contributed by atoms with E-state index >= 15 is 0 Å². The quantitative estimate of drug-likeness (QED) is 0.249. The van der Waals surface area contributed by atoms with Crippen LogP contribution in [0.3, 0.4) is 0 Å². The molecular weight excluding hydrogens is 544 g/mol. The molecule has 1 aromatic carbocycles. The Morgan fingerprint density at radius 2 is 1.97 bits per heavy atom. The predicted octanol–water partition coefficient (Wildman–Crippen LogP) is 5.09. The normalized spacial score (nSPS) is 11.8. The molecule has 174 valence electrons. The topological polar surface area (TPSA) is 67.8 Å². The van der Waals surface area contributed by atoms with Gasteiger partial charge in [0.15, 0.2) is 24.1 Å². The first kappa shape index (κ1) is 27.3. The van der Waals surface area contributed by atoms with E-state index in [-0.39, 0.29) is 35.5 Å². The molecule has 6 nitrogen and oxygen atoms in total. The number of thiazole rings is 1. The van der Waals surface area contributed by atoms with Crippen LogP contribution in [-0.2, 0) is 13.1 Å². The van der Waals surface area contributed by atoms with Crippen LogP contribution in [0.4, 0.5) is 13.2 Å². The smallest absolute Gasteiger partial charge is 0.422 e. The third kappa shape index (κ3) is 9.50. The molecule has 0 amide bonds. The molecule has 0 aliphatic rings. The van der Waals surface area contributed by atoms with Crippen LogP contribution in [0.15, 0.2) is 28.6 Å². The minimum absolute atomic E-state index is 0. The van der Waals surface area contributed by atoms with Crippen molar-refractivity contribution in [2.75, 3.05) is 20.3 Å². The Labute approximate surface area is 201 Å². The molecule has 0 atom stereocenters. The molecule has 2 aromatic rings. The zero-order valence-corrected chi connectivity index (χ0v) is 21.0. The number of methoxy groups -OCH3 is 1. The number of nitrogens with one attached hydrogen (secondary N) is 2. The van der Waals surface area contributed by atoms with Gasteiger partial charge < -0.3 is 20.1 Å². The number of aromatic nitrogens is 1. The SMILES string of the molecule is CCNC(=NCc1ccc(OCC(F)(F)F)c(OC)c1)NCc1nc(C(C)C)cs1.I. The monoisotopic (exact) mass is 572 g/mol. The van der Waals surface area contributed by atoms with E-state index in [4.69, 9.17) is 9.47 Å². The van der Waals surface area contributed by atoms with Crippen LogP contribution in [0, 0.1) is 0 Å². The maximum Gasteiger partial charge on any atom is 0.422 e. The van der Waals surface area contributed by atoms with Gasteiger partial charge in [-0.3, -0.25) is 0 Å². The number of rotatable bonds is 9. The summed E-state index contributed by atoms with van der Waals surface area (Å²) >= 11 is 1.60. The van der Waals surface area contributed by atoms with Gasteiger partial charge in [-0.15, -0.1) is 35.3 Å². The van der Waals surface area contributed by atoms with E-state index in [2.05, 4.69) is 39.8 Å². The molecule has 0 fully saturated rings. The third-order valence-corrected chi connectivity index (χ3v) is 4.82. The first-order valence-electron chi connectivity index (χ1n) is 9.54. The van der Waals surface area contributed by atoms with Gasteiger partial charge in [0.1, 0.15) is 5.01 Å². The van der Waals surface area contributed by atoms with Gasteiger partial charge in [0.25, 0.3) is 0 Å². The molecule has 0 bridgehead atoms. The van der Waals surface area contributed by atoms with Gasteiger partial charge in [-0.2, -0.15) is 13.2 Å². The number of benzene rings is 1. The van der Waals surface area contributed by atoms with Crippen molar-refractivity contribution in [3.63, 3.8) is 0 Å². The number of hydrogen-bond acceptors (Lipinski definition) is 5. The van der Waals surface area contributed by atoms with E-state index < -0.39 is 12.8 Å². The highest BCUT2D eigenvalue weighted by molar-refractivity contribution is 14.0. The Balaban J connectivity index is 0.00000480. The van der Waals surface area contributed by atoms with Crippen molar-refractivity contribution in [2.24, 2.45) is 4.99 Å². The van der Waals surface area contributed by atoms with Crippen molar-refractivity contribution in [1.82, 2.24) is 15.6 Å². The van der Waals surface area contributed by atoms with E-state index in [1.807, 2.05) is 6.92 Å². The number of nitrogens with zero attached hydrogens (tertiary/aromatic N) is 2. The molecule has 1 heterocycles. The molecule has 0 unspecified atom stereocenters. The Kier molecular flexibility index (Phi) is 11.4. The van der Waals surface area contributed by atoms with Crippen molar-refractivity contribution < 1.29 is 22.6 Å². The lowest BCUT2D eigenvalue weighted by Crippen LogP contribution is -2.36. The highest BCUT2D eigenvalue weighted by atomic mass is 127. The Hall–Kier alpha value is -1.76. The Bertz CT molecular complexity index is 844. The fraction of sp³-hybridized carbons (Fsp3) is 0.500. The summed E-state index contributed by atoms with van der Waals surface area (Å²) in [6.07, 6.45) is -4.41. The third-order valence-electron chi connectivity index (χ3n) is 3.95. The van der Waals surface area contributed by atoms with E-state index in [1.165, 1.54) is 13.2 Å². The number of guanidine groups is 1. The molecule has 0 aliphatic carbocycles. The fourth-order valence-electron chi connectivity index (χ4n) is 2.43. The van der Waals surface area contributed by atoms with E-state index in [0.29, 0.717) is 31.5 Å². The van der Waals surface area contributed by atoms with Gasteiger partial charge in [-0.25, -0.2) is 9.98 Å². The average molecular weight is 572 g/mol. The summed E-state index contributed by atoms with van der Waals surface area (Å²) in [5, 5.41) is 9.43. The average Bonchev–Trinajstić information content (AvgIpc) is 3.17. The standard InChI is InChI=1S/C20H27F3N4O2S.HI/c1-5-24-19(26-10-18-27-15(11-30-18)13(2)3)25-9-14-6-7-16(17(8-14)28-4)29-12-20(21,22)23;/h6-8,11,13H,5,9-10,12H2,1-4H3,(H2,24,25,26);1H. The number of alkyl halides is 3. The predicted molar refractivity (Wildman–Crippen MR) is 128 cm³/mol. The zero-order chi connectivity index (χ0) is 22.1. The van der Waals surface area contributed by atoms with Crippen LogP contribution >= 0.6 is 35.3 Å². The molecule has 31 heavy (non-hydrogen) atoms. The molecule has 11 heteroatoms. The number of hydrogen-bond donors (Lipinski definition) is 2. The maximum atomic E-state index is 12.4. The number of halogens is 4. The van der Waals surface area contributed by atoms with Crippen LogP contribution in [0.25, 0.3) is 0 Å². The Morgan fingerprint density at radius 1 is 1.23 bits per heavy atom. The minimum atomic E-state index is -4.41. The number of aliphatic imine (C=N–C) groups is 1. The molecular formula is C20H28F3IN4O2S. The fourth-order valence-corrected chi connectivity index (χ4v) is 3.33. The summed E-state index contributed by atoms with van der Waals surface area (Å²) in [7, 11) is 1.38. The second-order valence-corrected chi connectivity index (χ2v) is 7.70. The summed E-state index contributed by atoms with van der Waals surface area (Å²) < 4.78 is 47.1. The zero-order valence-electron chi connectivity index (χ0n) is 17.9. The van der Waals surface area contributed by atoms with Crippen molar-refractivity contribution in [3.8, 4) is 11.5 Å². The van der Waals surface area contributed by atoms with Gasteiger partial charge in [0, 0.05) is 11.9 Å². The van der Waals surface area contributed by atoms with Gasteiger partial charge in [0.05, 0.1) is 25.9 Å². The summed E-state index contributed by atoms with van der Waals surface area (Å²) in [5.41, 5.74) is 1.85. The lowest BCUT2D eigenvalue weighted by molar-refractivity contribution is -0.153. The second-order valence-electron chi connectivity index (χ2n) is 6.76. The van der Waals surface area contributed by atoms with E-state index in [9.17, 15) is 13.2 Å². The summed E-state index contributed by atoms with van der Waals surface area (Å²) in [5.74, 6) is 1.27. The minimum Gasteiger partial charge on any atom is -0.493 e. The first-order valence-corrected chi connectivity index (χ1v) is 10.4. The van der Waals surface area contributed by atoms with Gasteiger partial charge in [0.2, 0.25) is 0 Å². The second kappa shape index (κ2) is 12.9. The van der Waals surface area contributed by atoms with Crippen molar-refractivity contribution in [1.29, 1.82) is 0 Å². The van der Waals surface area contributed by atoms with Crippen LogP contribution in [0.1, 0.15) is 43.0 Å². The lowest BCUT2D eigenvalue weighted by atomic mass is 10.2. The van der Waals surface area contributed by atoms with E-state index in [0.717, 1.165) is 16.3 Å². The number of ether oxygens (including phenoxy) is 2. The van der Waals surface area contributed by atoms with Crippen molar-refractivity contribution in [2.45, 2.75) is 46.0 Å². The lowest BCUT2D eigenvalue weighted by Gasteiger charge is -2.14. The van der Waals surface area contributed by atoms with Crippen molar-refractivity contribution >= 4 is 41.3 Å². The molecule has 1 aromatic heterocycles. The van der Waals surface area contributed by atoms with Crippen LogP contribution in [-0.4, -0.2) is 37.4 Å². The van der Waals surface area contributed by atoms with Crippen molar-refractivity contribution in [3.05, 3.63) is 39.8 Å². The van der Waals surface area contributed by atoms with Crippen LogP contribution in [0.5, 0.6) is 11.5 Å². The molecule has 2 N–H and O–H groups in total.